The van der Waals surface area contributed by atoms with E-state index in [1.807, 2.05) is 0 Å². The Bertz CT molecular complexity index is 204. The van der Waals surface area contributed by atoms with E-state index in [0.717, 1.165) is 36.8 Å². The summed E-state index contributed by atoms with van der Waals surface area (Å²) in [6, 6.07) is 0. The zero-order valence-corrected chi connectivity index (χ0v) is 12.4. The number of hydrogen-bond donors (Lipinski definition) is 3. The summed E-state index contributed by atoms with van der Waals surface area (Å²) in [6.07, 6.45) is 10.9. The third-order valence-electron chi connectivity index (χ3n) is 5.47. The molecule has 2 aliphatic carbocycles. The van der Waals surface area contributed by atoms with Crippen molar-refractivity contribution >= 4 is 0 Å². The van der Waals surface area contributed by atoms with Gasteiger partial charge in [0.15, 0.2) is 0 Å². The highest BCUT2D eigenvalue weighted by Gasteiger charge is 2.22. The highest BCUT2D eigenvalue weighted by molar-refractivity contribution is 4.77. The molecule has 0 spiro atoms. The van der Waals surface area contributed by atoms with Crippen molar-refractivity contribution in [2.24, 2.45) is 35.1 Å². The molecule has 0 bridgehead atoms. The Morgan fingerprint density at radius 3 is 1.21 bits per heavy atom. The van der Waals surface area contributed by atoms with Crippen molar-refractivity contribution in [3.8, 4) is 0 Å². The maximum absolute atomic E-state index is 5.74. The summed E-state index contributed by atoms with van der Waals surface area (Å²) < 4.78 is 0. The molecule has 0 atom stereocenters. The van der Waals surface area contributed by atoms with Crippen molar-refractivity contribution in [3.05, 3.63) is 0 Å². The van der Waals surface area contributed by atoms with E-state index in [1.54, 1.807) is 0 Å². The minimum Gasteiger partial charge on any atom is -0.330 e. The summed E-state index contributed by atoms with van der Waals surface area (Å²) in [5.41, 5.74) is 11.5. The van der Waals surface area contributed by atoms with Gasteiger partial charge in [-0.1, -0.05) is 0 Å². The lowest BCUT2D eigenvalue weighted by Gasteiger charge is -2.30. The molecular formula is C16H33N3. The molecule has 112 valence electrons. The van der Waals surface area contributed by atoms with Gasteiger partial charge in [-0.05, 0) is 101 Å². The molecule has 2 rings (SSSR count). The minimum atomic E-state index is 0.808. The largest absolute Gasteiger partial charge is 0.330 e. The predicted octanol–water partition coefficient (Wildman–Crippen LogP) is 2.11. The Morgan fingerprint density at radius 1 is 0.579 bits per heavy atom. The molecule has 0 aromatic rings. The molecule has 3 heteroatoms. The van der Waals surface area contributed by atoms with E-state index in [-0.39, 0.29) is 0 Å². The standard InChI is InChI=1S/C16H33N3/c17-9-13-1-5-15(6-2-13)11-19-12-16-7-3-14(10-18)4-8-16/h13-16,19H,1-12,17-18H2. The Hall–Kier alpha value is -0.120. The fourth-order valence-corrected chi connectivity index (χ4v) is 3.83. The van der Waals surface area contributed by atoms with Crippen LogP contribution in [0.2, 0.25) is 0 Å². The first kappa shape index (κ1) is 15.3. The number of rotatable bonds is 6. The number of hydrogen-bond acceptors (Lipinski definition) is 3. The van der Waals surface area contributed by atoms with Gasteiger partial charge in [-0.3, -0.25) is 0 Å². The van der Waals surface area contributed by atoms with Gasteiger partial charge in [0.05, 0.1) is 0 Å². The maximum Gasteiger partial charge on any atom is -0.00204 e. The van der Waals surface area contributed by atoms with E-state index in [2.05, 4.69) is 5.32 Å². The van der Waals surface area contributed by atoms with Gasteiger partial charge in [-0.2, -0.15) is 0 Å². The first-order valence-electron chi connectivity index (χ1n) is 8.42. The van der Waals surface area contributed by atoms with E-state index in [0.29, 0.717) is 0 Å². The molecule has 0 unspecified atom stereocenters. The smallest absolute Gasteiger partial charge is 0.00204 e. The normalized spacial score (nSPS) is 36.3. The van der Waals surface area contributed by atoms with Gasteiger partial charge in [0, 0.05) is 0 Å². The summed E-state index contributed by atoms with van der Waals surface area (Å²) >= 11 is 0. The molecule has 0 radical (unpaired) electrons. The Labute approximate surface area is 118 Å². The zero-order chi connectivity index (χ0) is 13.5. The lowest BCUT2D eigenvalue weighted by atomic mass is 9.81. The van der Waals surface area contributed by atoms with Gasteiger partial charge in [0.2, 0.25) is 0 Å². The Kier molecular flexibility index (Phi) is 6.62. The van der Waals surface area contributed by atoms with Crippen LogP contribution < -0.4 is 16.8 Å². The summed E-state index contributed by atoms with van der Waals surface area (Å²) in [4.78, 5) is 0. The fourth-order valence-electron chi connectivity index (χ4n) is 3.83. The molecule has 0 aliphatic heterocycles. The molecule has 0 saturated heterocycles. The molecule has 2 aliphatic rings. The third-order valence-corrected chi connectivity index (χ3v) is 5.47. The van der Waals surface area contributed by atoms with E-state index in [9.17, 15) is 0 Å². The lowest BCUT2D eigenvalue weighted by Crippen LogP contribution is -2.33. The predicted molar refractivity (Wildman–Crippen MR) is 81.9 cm³/mol. The van der Waals surface area contributed by atoms with Crippen LogP contribution in [0.1, 0.15) is 51.4 Å². The second-order valence-electron chi connectivity index (χ2n) is 6.90. The van der Waals surface area contributed by atoms with Crippen LogP contribution in [0, 0.1) is 23.7 Å². The first-order chi connectivity index (χ1) is 9.31. The molecule has 2 fully saturated rings. The van der Waals surface area contributed by atoms with Gasteiger partial charge in [0.25, 0.3) is 0 Å². The second-order valence-corrected chi connectivity index (χ2v) is 6.90. The molecular weight excluding hydrogens is 234 g/mol. The molecule has 3 nitrogen and oxygen atoms in total. The Balaban J connectivity index is 1.53. The van der Waals surface area contributed by atoms with Crippen LogP contribution in [0.15, 0.2) is 0 Å². The van der Waals surface area contributed by atoms with Crippen LogP contribution >= 0.6 is 0 Å². The molecule has 0 aromatic heterocycles. The van der Waals surface area contributed by atoms with Crippen molar-refractivity contribution in [2.45, 2.75) is 51.4 Å². The maximum atomic E-state index is 5.74. The van der Waals surface area contributed by atoms with Crippen LogP contribution in [0.25, 0.3) is 0 Å². The highest BCUT2D eigenvalue weighted by Crippen LogP contribution is 2.29. The SMILES string of the molecule is NCC1CCC(CNCC2CCC(CN)CC2)CC1. The van der Waals surface area contributed by atoms with Gasteiger partial charge in [-0.15, -0.1) is 0 Å². The van der Waals surface area contributed by atoms with Crippen molar-refractivity contribution < 1.29 is 0 Å². The quantitative estimate of drug-likeness (QED) is 0.690. The molecule has 0 aromatic carbocycles. The number of nitrogens with one attached hydrogen (secondary N) is 1. The highest BCUT2D eigenvalue weighted by atomic mass is 14.9. The van der Waals surface area contributed by atoms with Crippen molar-refractivity contribution in [1.29, 1.82) is 0 Å². The third kappa shape index (κ3) is 5.05. The van der Waals surface area contributed by atoms with Crippen molar-refractivity contribution in [3.63, 3.8) is 0 Å². The van der Waals surface area contributed by atoms with Gasteiger partial charge in [0.1, 0.15) is 0 Å². The molecule has 5 N–H and O–H groups in total. The summed E-state index contributed by atoms with van der Waals surface area (Å²) in [5, 5.41) is 3.73. The van der Waals surface area contributed by atoms with Crippen LogP contribution in [0.4, 0.5) is 0 Å². The summed E-state index contributed by atoms with van der Waals surface area (Å²) in [7, 11) is 0. The average Bonchev–Trinajstić information content (AvgIpc) is 2.49. The topological polar surface area (TPSA) is 64.1 Å². The van der Waals surface area contributed by atoms with E-state index in [1.165, 1.54) is 64.5 Å². The summed E-state index contributed by atoms with van der Waals surface area (Å²) in [6.45, 7) is 4.25. The number of nitrogens with two attached hydrogens (primary N) is 2. The molecule has 0 amide bonds. The van der Waals surface area contributed by atoms with Crippen LogP contribution in [-0.2, 0) is 0 Å². The average molecular weight is 267 g/mol. The van der Waals surface area contributed by atoms with Crippen molar-refractivity contribution in [1.82, 2.24) is 5.32 Å². The molecule has 2 saturated carbocycles. The van der Waals surface area contributed by atoms with Gasteiger partial charge in [-0.25, -0.2) is 0 Å². The lowest BCUT2D eigenvalue weighted by molar-refractivity contribution is 0.247. The second kappa shape index (κ2) is 8.23. The van der Waals surface area contributed by atoms with Crippen LogP contribution in [0.5, 0.6) is 0 Å². The first-order valence-corrected chi connectivity index (χ1v) is 8.42. The van der Waals surface area contributed by atoms with E-state index >= 15 is 0 Å². The zero-order valence-electron chi connectivity index (χ0n) is 12.4. The Morgan fingerprint density at radius 2 is 0.895 bits per heavy atom. The van der Waals surface area contributed by atoms with Gasteiger partial charge < -0.3 is 16.8 Å². The summed E-state index contributed by atoms with van der Waals surface area (Å²) in [5.74, 6) is 3.43. The van der Waals surface area contributed by atoms with E-state index < -0.39 is 0 Å². The fraction of sp³-hybridized carbons (Fsp3) is 1.00. The molecule has 19 heavy (non-hydrogen) atoms. The monoisotopic (exact) mass is 267 g/mol. The van der Waals surface area contributed by atoms with Crippen LogP contribution in [0.3, 0.4) is 0 Å². The van der Waals surface area contributed by atoms with Crippen molar-refractivity contribution in [2.75, 3.05) is 26.2 Å². The molecule has 0 heterocycles. The minimum absolute atomic E-state index is 0.808. The van der Waals surface area contributed by atoms with Crippen LogP contribution in [-0.4, -0.2) is 26.2 Å². The van der Waals surface area contributed by atoms with E-state index in [4.69, 9.17) is 11.5 Å². The van der Waals surface area contributed by atoms with Gasteiger partial charge >= 0.3 is 0 Å².